The maximum absolute atomic E-state index is 13.3. The zero-order valence-corrected chi connectivity index (χ0v) is 20.7. The predicted octanol–water partition coefficient (Wildman–Crippen LogP) is 4.57. The minimum atomic E-state index is -1.10. The molecule has 2 heterocycles. The van der Waals surface area contributed by atoms with Gasteiger partial charge in [-0.2, -0.15) is 0 Å². The number of Topliss-reactive ketones (excluding diaryl/α,β-unsaturated/α-hetero) is 2. The molecule has 1 aliphatic heterocycles. The monoisotopic (exact) mass is 452 g/mol. The van der Waals surface area contributed by atoms with Gasteiger partial charge in [-0.15, -0.1) is 0 Å². The van der Waals surface area contributed by atoms with E-state index in [0.717, 1.165) is 37.2 Å². The standard InChI is InChI=1S/C27H36N2O4/c1-7-28(8-2)16-9-17-29-23(19-11-13-20(14-12-19)27(4,5)6)22(25(31)26(29)32)24(30)21-15-10-18(3)33-21/h10-15,22-23H,7-9,16-17H2,1-6H3. The molecule has 1 fully saturated rings. The van der Waals surface area contributed by atoms with Crippen LogP contribution in [0.4, 0.5) is 0 Å². The number of likely N-dealkylation sites (tertiary alicyclic amines) is 1. The molecule has 0 radical (unpaired) electrons. The molecule has 2 unspecified atom stereocenters. The molecule has 0 aliphatic carbocycles. The second-order valence-electron chi connectivity index (χ2n) is 9.81. The summed E-state index contributed by atoms with van der Waals surface area (Å²) < 4.78 is 5.53. The van der Waals surface area contributed by atoms with Crippen LogP contribution in [0.2, 0.25) is 0 Å². The van der Waals surface area contributed by atoms with E-state index >= 15 is 0 Å². The minimum Gasteiger partial charge on any atom is -0.458 e. The van der Waals surface area contributed by atoms with Gasteiger partial charge in [0.25, 0.3) is 5.91 Å². The SMILES string of the molecule is CCN(CC)CCCN1C(=O)C(=O)C(C(=O)c2ccc(C)o2)C1c1ccc(C(C)(C)C)cc1. The Kier molecular flexibility index (Phi) is 7.58. The van der Waals surface area contributed by atoms with Crippen molar-refractivity contribution in [1.82, 2.24) is 9.80 Å². The molecule has 6 nitrogen and oxygen atoms in total. The summed E-state index contributed by atoms with van der Waals surface area (Å²) >= 11 is 0. The van der Waals surface area contributed by atoms with E-state index in [9.17, 15) is 14.4 Å². The molecule has 2 atom stereocenters. The molecular weight excluding hydrogens is 416 g/mol. The molecule has 0 bridgehead atoms. The Labute approximate surface area is 196 Å². The Morgan fingerprint density at radius 2 is 1.67 bits per heavy atom. The maximum Gasteiger partial charge on any atom is 0.291 e. The zero-order chi connectivity index (χ0) is 24.3. The second-order valence-corrected chi connectivity index (χ2v) is 9.81. The van der Waals surface area contributed by atoms with Crippen molar-refractivity contribution in [2.45, 2.75) is 59.4 Å². The van der Waals surface area contributed by atoms with Crippen LogP contribution in [0.25, 0.3) is 0 Å². The highest BCUT2D eigenvalue weighted by atomic mass is 16.3. The summed E-state index contributed by atoms with van der Waals surface area (Å²) in [4.78, 5) is 43.4. The number of carbonyl (C=O) groups excluding carboxylic acids is 3. The highest BCUT2D eigenvalue weighted by Crippen LogP contribution is 2.39. The molecular formula is C27H36N2O4. The lowest BCUT2D eigenvalue weighted by Crippen LogP contribution is -2.34. The minimum absolute atomic E-state index is 0.0236. The fourth-order valence-electron chi connectivity index (χ4n) is 4.50. The molecule has 0 spiro atoms. The van der Waals surface area contributed by atoms with Gasteiger partial charge in [0.05, 0.1) is 6.04 Å². The largest absolute Gasteiger partial charge is 0.458 e. The quantitative estimate of drug-likeness (QED) is 0.317. The van der Waals surface area contributed by atoms with E-state index < -0.39 is 29.4 Å². The summed E-state index contributed by atoms with van der Waals surface area (Å²) in [6, 6.07) is 10.6. The van der Waals surface area contributed by atoms with Crippen molar-refractivity contribution in [3.63, 3.8) is 0 Å². The van der Waals surface area contributed by atoms with E-state index in [-0.39, 0.29) is 11.2 Å². The Hall–Kier alpha value is -2.73. The number of furan rings is 1. The van der Waals surface area contributed by atoms with E-state index in [1.165, 1.54) is 0 Å². The van der Waals surface area contributed by atoms with Crippen molar-refractivity contribution >= 4 is 17.5 Å². The van der Waals surface area contributed by atoms with Gasteiger partial charge >= 0.3 is 0 Å². The summed E-state index contributed by atoms with van der Waals surface area (Å²) in [7, 11) is 0. The lowest BCUT2D eigenvalue weighted by Gasteiger charge is -2.29. The summed E-state index contributed by atoms with van der Waals surface area (Å²) in [6.07, 6.45) is 0.734. The third-order valence-corrected chi connectivity index (χ3v) is 6.56. The van der Waals surface area contributed by atoms with Gasteiger partial charge in [0.2, 0.25) is 11.6 Å². The molecule has 1 aromatic heterocycles. The third-order valence-electron chi connectivity index (χ3n) is 6.56. The number of nitrogens with zero attached hydrogens (tertiary/aromatic N) is 2. The van der Waals surface area contributed by atoms with Crippen LogP contribution >= 0.6 is 0 Å². The van der Waals surface area contributed by atoms with Crippen LogP contribution in [-0.2, 0) is 15.0 Å². The van der Waals surface area contributed by atoms with Crippen LogP contribution in [0.3, 0.4) is 0 Å². The molecule has 0 saturated carbocycles. The average Bonchev–Trinajstić information content (AvgIpc) is 3.32. The topological polar surface area (TPSA) is 70.8 Å². The summed E-state index contributed by atoms with van der Waals surface area (Å²) in [6.45, 7) is 15.5. The number of ketones is 2. The molecule has 3 rings (SSSR count). The van der Waals surface area contributed by atoms with Gasteiger partial charge in [0, 0.05) is 6.54 Å². The molecule has 6 heteroatoms. The van der Waals surface area contributed by atoms with Gasteiger partial charge in [-0.3, -0.25) is 14.4 Å². The van der Waals surface area contributed by atoms with Crippen molar-refractivity contribution in [3.8, 4) is 0 Å². The Morgan fingerprint density at radius 1 is 1.03 bits per heavy atom. The predicted molar refractivity (Wildman–Crippen MR) is 128 cm³/mol. The van der Waals surface area contributed by atoms with Crippen molar-refractivity contribution in [1.29, 1.82) is 0 Å². The number of aryl methyl sites for hydroxylation is 1. The van der Waals surface area contributed by atoms with Crippen LogP contribution in [0.15, 0.2) is 40.8 Å². The fraction of sp³-hybridized carbons (Fsp3) is 0.519. The van der Waals surface area contributed by atoms with E-state index in [4.69, 9.17) is 4.42 Å². The first-order valence-corrected chi connectivity index (χ1v) is 11.9. The number of rotatable bonds is 9. The summed E-state index contributed by atoms with van der Waals surface area (Å²) in [5, 5.41) is 0. The van der Waals surface area contributed by atoms with Crippen molar-refractivity contribution in [3.05, 3.63) is 59.0 Å². The smallest absolute Gasteiger partial charge is 0.291 e. The normalized spacial score (nSPS) is 19.1. The van der Waals surface area contributed by atoms with Crippen molar-refractivity contribution in [2.24, 2.45) is 5.92 Å². The van der Waals surface area contributed by atoms with Gasteiger partial charge in [-0.25, -0.2) is 0 Å². The number of hydrogen-bond acceptors (Lipinski definition) is 5. The number of hydrogen-bond donors (Lipinski definition) is 0. The first kappa shape index (κ1) is 24.9. The summed E-state index contributed by atoms with van der Waals surface area (Å²) in [5.41, 5.74) is 1.93. The first-order valence-electron chi connectivity index (χ1n) is 11.9. The Balaban J connectivity index is 1.96. The molecule has 1 saturated heterocycles. The molecule has 1 amide bonds. The van der Waals surface area contributed by atoms with Gasteiger partial charge in [-0.05, 0) is 61.7 Å². The van der Waals surface area contributed by atoms with E-state index in [2.05, 4.69) is 39.5 Å². The Bertz CT molecular complexity index is 996. The number of amides is 1. The molecule has 0 N–H and O–H groups in total. The van der Waals surface area contributed by atoms with E-state index in [1.54, 1.807) is 24.0 Å². The molecule has 178 valence electrons. The van der Waals surface area contributed by atoms with Crippen molar-refractivity contribution in [2.75, 3.05) is 26.2 Å². The summed E-state index contributed by atoms with van der Waals surface area (Å²) in [5.74, 6) is -2.05. The first-order chi connectivity index (χ1) is 15.6. The molecule has 33 heavy (non-hydrogen) atoms. The van der Waals surface area contributed by atoms with Crippen LogP contribution in [0.5, 0.6) is 0 Å². The van der Waals surface area contributed by atoms with Crippen molar-refractivity contribution < 1.29 is 18.8 Å². The molecule has 2 aromatic rings. The fourth-order valence-corrected chi connectivity index (χ4v) is 4.50. The van der Waals surface area contributed by atoms with Crippen LogP contribution in [0.1, 0.15) is 74.5 Å². The van der Waals surface area contributed by atoms with Crippen LogP contribution in [0, 0.1) is 12.8 Å². The lowest BCUT2D eigenvalue weighted by molar-refractivity contribution is -0.140. The number of carbonyl (C=O) groups is 3. The number of benzene rings is 1. The van der Waals surface area contributed by atoms with Gasteiger partial charge in [0.1, 0.15) is 11.7 Å². The van der Waals surface area contributed by atoms with E-state index in [0.29, 0.717) is 12.3 Å². The lowest BCUT2D eigenvalue weighted by atomic mass is 9.84. The second kappa shape index (κ2) is 10.0. The maximum atomic E-state index is 13.3. The Morgan fingerprint density at radius 3 is 2.18 bits per heavy atom. The zero-order valence-electron chi connectivity index (χ0n) is 20.7. The third kappa shape index (κ3) is 5.27. The van der Waals surface area contributed by atoms with Gasteiger partial charge in [-0.1, -0.05) is 58.9 Å². The average molecular weight is 453 g/mol. The highest BCUT2D eigenvalue weighted by Gasteiger charge is 2.52. The van der Waals surface area contributed by atoms with Crippen LogP contribution < -0.4 is 0 Å². The molecule has 1 aromatic carbocycles. The molecule has 1 aliphatic rings. The van der Waals surface area contributed by atoms with Gasteiger partial charge < -0.3 is 14.2 Å². The van der Waals surface area contributed by atoms with Crippen LogP contribution in [-0.4, -0.2) is 53.5 Å². The highest BCUT2D eigenvalue weighted by molar-refractivity contribution is 6.43. The van der Waals surface area contributed by atoms with E-state index in [1.807, 2.05) is 24.3 Å². The van der Waals surface area contributed by atoms with Gasteiger partial charge in [0.15, 0.2) is 5.76 Å².